The Balaban J connectivity index is 1.85. The van der Waals surface area contributed by atoms with E-state index >= 15 is 0 Å². The number of amides is 2. The molecule has 2 amide bonds. The van der Waals surface area contributed by atoms with E-state index in [9.17, 15) is 19.5 Å². The van der Waals surface area contributed by atoms with Crippen LogP contribution in [0.25, 0.3) is 5.57 Å². The third-order valence-corrected chi connectivity index (χ3v) is 6.68. The second-order valence-corrected chi connectivity index (χ2v) is 8.14. The minimum absolute atomic E-state index is 0.0495. The molecule has 1 saturated heterocycles. The van der Waals surface area contributed by atoms with Crippen molar-refractivity contribution in [2.45, 2.75) is 58.2 Å². The third-order valence-electron chi connectivity index (χ3n) is 6.68. The van der Waals surface area contributed by atoms with Gasteiger partial charge in [-0.15, -0.1) is 0 Å². The number of allylic oxidation sites excluding steroid dienone is 2. The van der Waals surface area contributed by atoms with Gasteiger partial charge in [0.1, 0.15) is 0 Å². The van der Waals surface area contributed by atoms with Gasteiger partial charge in [-0.25, -0.2) is 0 Å². The second kappa shape index (κ2) is 7.78. The van der Waals surface area contributed by atoms with E-state index in [1.807, 2.05) is 19.1 Å². The van der Waals surface area contributed by atoms with E-state index < -0.39 is 17.9 Å². The molecule has 0 radical (unpaired) electrons. The molecule has 2 bridgehead atoms. The summed E-state index contributed by atoms with van der Waals surface area (Å²) < 4.78 is 1.74. The molecule has 4 atom stereocenters. The van der Waals surface area contributed by atoms with Crippen LogP contribution in [0, 0.1) is 11.8 Å². The molecular weight excluding hydrogens is 370 g/mol. The van der Waals surface area contributed by atoms with Crippen LogP contribution in [0.2, 0.25) is 0 Å². The summed E-state index contributed by atoms with van der Waals surface area (Å²) in [6, 6.07) is 2.87. The summed E-state index contributed by atoms with van der Waals surface area (Å²) in [4.78, 5) is 40.8. The van der Waals surface area contributed by atoms with Gasteiger partial charge in [-0.2, -0.15) is 0 Å². The third kappa shape index (κ3) is 3.03. The van der Waals surface area contributed by atoms with E-state index in [1.165, 1.54) is 0 Å². The molecule has 1 aromatic rings. The molecule has 7 heteroatoms. The maximum atomic E-state index is 13.3. The molecule has 0 unspecified atom stereocenters. The molecule has 3 heterocycles. The van der Waals surface area contributed by atoms with Crippen LogP contribution in [-0.2, 0) is 16.1 Å². The smallest absolute Gasteiger partial charge is 0.258 e. The molecule has 29 heavy (non-hydrogen) atoms. The number of carbonyl (C=O) groups excluding carboxylic acids is 2. The summed E-state index contributed by atoms with van der Waals surface area (Å²) in [5, 5.41) is 13.0. The fourth-order valence-corrected chi connectivity index (χ4v) is 5.38. The van der Waals surface area contributed by atoms with E-state index in [-0.39, 0.29) is 30.0 Å². The van der Waals surface area contributed by atoms with Gasteiger partial charge in [-0.05, 0) is 43.9 Å². The van der Waals surface area contributed by atoms with Crippen LogP contribution in [0.15, 0.2) is 23.0 Å². The summed E-state index contributed by atoms with van der Waals surface area (Å²) in [5.41, 5.74) is 2.45. The number of nitrogens with zero attached hydrogens (tertiary/aromatic N) is 2. The van der Waals surface area contributed by atoms with Crippen LogP contribution < -0.4 is 10.9 Å². The number of rotatable bonds is 5. The van der Waals surface area contributed by atoms with E-state index in [2.05, 4.69) is 11.4 Å². The first-order chi connectivity index (χ1) is 14.0. The molecule has 2 aliphatic heterocycles. The first-order valence-corrected chi connectivity index (χ1v) is 10.7. The molecule has 0 saturated carbocycles. The van der Waals surface area contributed by atoms with Crippen LogP contribution in [0.1, 0.15) is 56.8 Å². The number of carbonyl (C=O) groups is 2. The van der Waals surface area contributed by atoms with E-state index in [1.54, 1.807) is 16.4 Å². The summed E-state index contributed by atoms with van der Waals surface area (Å²) in [7, 11) is 0. The van der Waals surface area contributed by atoms with Gasteiger partial charge in [0.15, 0.2) is 0 Å². The highest BCUT2D eigenvalue weighted by molar-refractivity contribution is 5.84. The van der Waals surface area contributed by atoms with Gasteiger partial charge in [0.2, 0.25) is 11.8 Å². The minimum atomic E-state index is -0.565. The van der Waals surface area contributed by atoms with Crippen molar-refractivity contribution in [1.29, 1.82) is 0 Å². The van der Waals surface area contributed by atoms with E-state index in [0.29, 0.717) is 25.2 Å². The van der Waals surface area contributed by atoms with Crippen molar-refractivity contribution in [2.75, 3.05) is 13.2 Å². The molecule has 0 spiro atoms. The zero-order valence-electron chi connectivity index (χ0n) is 17.1. The molecule has 1 aromatic heterocycles. The fraction of sp³-hybridized carbons (Fsp3) is 0.591. The van der Waals surface area contributed by atoms with Gasteiger partial charge in [0, 0.05) is 43.3 Å². The summed E-state index contributed by atoms with van der Waals surface area (Å²) in [6.07, 6.45) is 5.41. The number of nitrogens with one attached hydrogen (secondary N) is 1. The lowest BCUT2D eigenvalue weighted by atomic mass is 9.86. The second-order valence-electron chi connectivity index (χ2n) is 8.14. The number of pyridine rings is 1. The van der Waals surface area contributed by atoms with Crippen LogP contribution in [0.4, 0.5) is 0 Å². The zero-order valence-corrected chi connectivity index (χ0v) is 17.1. The quantitative estimate of drug-likeness (QED) is 0.784. The predicted molar refractivity (Wildman–Crippen MR) is 109 cm³/mol. The van der Waals surface area contributed by atoms with Gasteiger partial charge in [0.25, 0.3) is 5.56 Å². The standard InChI is InChI=1S/C22H29N3O4/c1-3-18(27)25-17-11-24-16(10-9-14(22(24)29)13-7-5-6-8-13)20(25)19(15(17)12-26)21(28)23-4-2/h7,9-10,15,17,19-20,26H,3-6,8,11-12H2,1-2H3,(H,23,28)/t15-,17-,19+,20+/m0/s1. The van der Waals surface area contributed by atoms with Crippen LogP contribution in [-0.4, -0.2) is 45.6 Å². The molecule has 0 aromatic carbocycles. The SMILES string of the molecule is CCNC(=O)[C@@H]1[C@@H](CO)[C@@H]2Cn3c(ccc(C4=CCCC4)c3=O)[C@H]1N2C(=O)CC. The van der Waals surface area contributed by atoms with Gasteiger partial charge >= 0.3 is 0 Å². The lowest BCUT2D eigenvalue weighted by molar-refractivity contribution is -0.136. The molecule has 3 aliphatic rings. The minimum Gasteiger partial charge on any atom is -0.396 e. The van der Waals surface area contributed by atoms with Crippen molar-refractivity contribution in [1.82, 2.24) is 14.8 Å². The highest BCUT2D eigenvalue weighted by Gasteiger charge is 2.57. The van der Waals surface area contributed by atoms with Gasteiger partial charge < -0.3 is 19.9 Å². The number of aliphatic hydroxyl groups excluding tert-OH is 1. The lowest BCUT2D eigenvalue weighted by Gasteiger charge is -2.38. The Bertz CT molecular complexity index is 919. The van der Waals surface area contributed by atoms with Crippen molar-refractivity contribution in [3.63, 3.8) is 0 Å². The first-order valence-electron chi connectivity index (χ1n) is 10.7. The van der Waals surface area contributed by atoms with Gasteiger partial charge in [0.05, 0.1) is 18.0 Å². The van der Waals surface area contributed by atoms with E-state index in [0.717, 1.165) is 30.4 Å². The highest BCUT2D eigenvalue weighted by atomic mass is 16.3. The van der Waals surface area contributed by atoms with Crippen molar-refractivity contribution in [2.24, 2.45) is 11.8 Å². The Labute approximate surface area is 170 Å². The number of hydrogen-bond acceptors (Lipinski definition) is 4. The van der Waals surface area contributed by atoms with Crippen molar-refractivity contribution in [3.8, 4) is 0 Å². The summed E-state index contributed by atoms with van der Waals surface area (Å²) in [5.74, 6) is -1.18. The Morgan fingerprint density at radius 3 is 2.69 bits per heavy atom. The molecule has 7 nitrogen and oxygen atoms in total. The average molecular weight is 399 g/mol. The Morgan fingerprint density at radius 1 is 1.28 bits per heavy atom. The molecule has 4 rings (SSSR count). The highest BCUT2D eigenvalue weighted by Crippen LogP contribution is 2.48. The normalized spacial score (nSPS) is 27.6. The Hall–Kier alpha value is -2.41. The fourth-order valence-electron chi connectivity index (χ4n) is 5.38. The maximum absolute atomic E-state index is 13.3. The number of aromatic nitrogens is 1. The van der Waals surface area contributed by atoms with E-state index in [4.69, 9.17) is 0 Å². The molecule has 1 aliphatic carbocycles. The monoisotopic (exact) mass is 399 g/mol. The molecule has 2 N–H and O–H groups in total. The maximum Gasteiger partial charge on any atom is 0.258 e. The summed E-state index contributed by atoms with van der Waals surface area (Å²) in [6.45, 7) is 4.25. The Kier molecular flexibility index (Phi) is 5.34. The topological polar surface area (TPSA) is 91.6 Å². The van der Waals surface area contributed by atoms with Crippen LogP contribution >= 0.6 is 0 Å². The van der Waals surface area contributed by atoms with Gasteiger partial charge in [-0.1, -0.05) is 13.0 Å². The first kappa shape index (κ1) is 19.9. The zero-order chi connectivity index (χ0) is 20.7. The molecular formula is C22H29N3O4. The lowest BCUT2D eigenvalue weighted by Crippen LogP contribution is -2.49. The van der Waals surface area contributed by atoms with Crippen molar-refractivity contribution < 1.29 is 14.7 Å². The van der Waals surface area contributed by atoms with Crippen molar-refractivity contribution >= 4 is 17.4 Å². The number of hydrogen-bond donors (Lipinski definition) is 2. The predicted octanol–water partition coefficient (Wildman–Crippen LogP) is 1.45. The summed E-state index contributed by atoms with van der Waals surface area (Å²) >= 11 is 0. The van der Waals surface area contributed by atoms with Crippen LogP contribution in [0.5, 0.6) is 0 Å². The molecule has 1 fully saturated rings. The number of aliphatic hydroxyl groups is 1. The number of fused-ring (bicyclic) bond motifs is 4. The Morgan fingerprint density at radius 2 is 2.07 bits per heavy atom. The average Bonchev–Trinajstić information content (AvgIpc) is 3.32. The molecule has 156 valence electrons. The van der Waals surface area contributed by atoms with Gasteiger partial charge in [-0.3, -0.25) is 14.4 Å². The largest absolute Gasteiger partial charge is 0.396 e. The van der Waals surface area contributed by atoms with Crippen LogP contribution in [0.3, 0.4) is 0 Å². The van der Waals surface area contributed by atoms with Crippen molar-refractivity contribution in [3.05, 3.63) is 39.8 Å².